The second-order valence-electron chi connectivity index (χ2n) is 10.9. The molecule has 0 spiro atoms. The molecule has 0 heterocycles. The molecule has 0 aromatic rings. The minimum absolute atomic E-state index is 0.545. The van der Waals surface area contributed by atoms with Crippen molar-refractivity contribution in [1.29, 1.82) is 0 Å². The number of hydrogen-bond acceptors (Lipinski definition) is 2. The van der Waals surface area contributed by atoms with Crippen LogP contribution in [-0.2, 0) is 4.74 Å². The summed E-state index contributed by atoms with van der Waals surface area (Å²) in [4.78, 5) is 0. The topological polar surface area (TPSA) is 29.5 Å². The van der Waals surface area contributed by atoms with Crippen molar-refractivity contribution >= 4 is 15.9 Å². The second-order valence-corrected chi connectivity index (χ2v) is 11.5. The highest BCUT2D eigenvalue weighted by molar-refractivity contribution is 9.09. The van der Waals surface area contributed by atoms with Gasteiger partial charge in [-0.3, -0.25) is 0 Å². The third kappa shape index (κ3) is 3.56. The van der Waals surface area contributed by atoms with Gasteiger partial charge in [0, 0.05) is 11.9 Å². The average Bonchev–Trinajstić information content (AvgIpc) is 3.02. The highest BCUT2D eigenvalue weighted by Crippen LogP contribution is 2.65. The van der Waals surface area contributed by atoms with Crippen molar-refractivity contribution < 1.29 is 9.84 Å². The molecule has 0 bridgehead atoms. The van der Waals surface area contributed by atoms with E-state index in [1.165, 1.54) is 44.9 Å². The molecule has 0 aromatic carbocycles. The van der Waals surface area contributed by atoms with Gasteiger partial charge in [0.15, 0.2) is 0 Å². The molecule has 1 N–H and O–H groups in total. The first-order chi connectivity index (χ1) is 12.9. The number of fused-ring (bicyclic) bond motifs is 5. The zero-order valence-electron chi connectivity index (χ0n) is 17.8. The Morgan fingerprint density at radius 1 is 1.04 bits per heavy atom. The monoisotopic (exact) mass is 440 g/mol. The maximum atomic E-state index is 11.0. The molecule has 27 heavy (non-hydrogen) atoms. The first kappa shape index (κ1) is 20.7. The van der Waals surface area contributed by atoms with Crippen LogP contribution in [0, 0.1) is 46.8 Å². The summed E-state index contributed by atoms with van der Waals surface area (Å²) in [7, 11) is 0. The fourth-order valence-electron chi connectivity index (χ4n) is 8.47. The van der Waals surface area contributed by atoms with Crippen molar-refractivity contribution in [2.45, 2.75) is 84.2 Å². The molecule has 4 fully saturated rings. The molecular weight excluding hydrogens is 400 g/mol. The number of halogens is 1. The lowest BCUT2D eigenvalue weighted by atomic mass is 9.48. The third-order valence-electron chi connectivity index (χ3n) is 9.68. The Morgan fingerprint density at radius 2 is 1.81 bits per heavy atom. The van der Waals surface area contributed by atoms with Gasteiger partial charge in [-0.05, 0) is 112 Å². The van der Waals surface area contributed by atoms with Gasteiger partial charge in [0.05, 0.1) is 12.2 Å². The van der Waals surface area contributed by atoms with Gasteiger partial charge in [-0.2, -0.15) is 0 Å². The van der Waals surface area contributed by atoms with E-state index in [2.05, 4.69) is 29.8 Å². The Morgan fingerprint density at radius 3 is 2.56 bits per heavy atom. The van der Waals surface area contributed by atoms with Gasteiger partial charge in [0.25, 0.3) is 0 Å². The van der Waals surface area contributed by atoms with Crippen LogP contribution >= 0.6 is 15.9 Å². The van der Waals surface area contributed by atoms with Gasteiger partial charge in [0.2, 0.25) is 0 Å². The zero-order chi connectivity index (χ0) is 19.2. The van der Waals surface area contributed by atoms with E-state index in [4.69, 9.17) is 4.74 Å². The molecule has 3 heteroatoms. The number of aliphatic hydroxyl groups is 1. The van der Waals surface area contributed by atoms with Gasteiger partial charge >= 0.3 is 0 Å². The third-order valence-corrected chi connectivity index (χ3v) is 10.7. The van der Waals surface area contributed by atoms with Gasteiger partial charge in [-0.25, -0.2) is 0 Å². The molecule has 156 valence electrons. The van der Waals surface area contributed by atoms with Crippen molar-refractivity contribution in [3.63, 3.8) is 0 Å². The van der Waals surface area contributed by atoms with E-state index in [0.717, 1.165) is 66.2 Å². The van der Waals surface area contributed by atoms with Crippen LogP contribution in [0.4, 0.5) is 0 Å². The van der Waals surface area contributed by atoms with Crippen LogP contribution in [0.25, 0.3) is 0 Å². The predicted molar refractivity (Wildman–Crippen MR) is 115 cm³/mol. The quantitative estimate of drug-likeness (QED) is 0.526. The number of hydrogen-bond donors (Lipinski definition) is 1. The second kappa shape index (κ2) is 7.91. The van der Waals surface area contributed by atoms with Crippen LogP contribution in [0.3, 0.4) is 0 Å². The summed E-state index contributed by atoms with van der Waals surface area (Å²) in [5.74, 6) is 6.23. The van der Waals surface area contributed by atoms with Gasteiger partial charge in [-0.15, -0.1) is 0 Å². The zero-order valence-corrected chi connectivity index (χ0v) is 19.3. The van der Waals surface area contributed by atoms with Crippen LogP contribution in [0.15, 0.2) is 0 Å². The summed E-state index contributed by atoms with van der Waals surface area (Å²) in [6.07, 6.45) is 11.8. The SMILES string of the molecule is CCOC[C@@]1(O)CC[C@H]2[C@H](CC[C@H]3C4CC[C@H](C(C)CBr)[C@@]4(C)CC[C@H]23)C1. The van der Waals surface area contributed by atoms with Crippen LogP contribution in [-0.4, -0.2) is 29.3 Å². The van der Waals surface area contributed by atoms with Crippen LogP contribution in [0.2, 0.25) is 0 Å². The van der Waals surface area contributed by atoms with E-state index >= 15 is 0 Å². The largest absolute Gasteiger partial charge is 0.387 e. The fourth-order valence-corrected chi connectivity index (χ4v) is 8.92. The van der Waals surface area contributed by atoms with Crippen LogP contribution in [0.5, 0.6) is 0 Å². The molecule has 0 saturated heterocycles. The number of ether oxygens (including phenoxy) is 1. The van der Waals surface area contributed by atoms with Crippen molar-refractivity contribution in [3.05, 3.63) is 0 Å². The highest BCUT2D eigenvalue weighted by Gasteiger charge is 2.58. The molecule has 0 aliphatic heterocycles. The van der Waals surface area contributed by atoms with E-state index in [0.29, 0.717) is 12.0 Å². The highest BCUT2D eigenvalue weighted by atomic mass is 79.9. The summed E-state index contributed by atoms with van der Waals surface area (Å²) in [6.45, 7) is 8.42. The normalized spacial score (nSPS) is 50.6. The Labute approximate surface area is 175 Å². The molecule has 9 atom stereocenters. The van der Waals surface area contributed by atoms with Crippen LogP contribution in [0.1, 0.15) is 78.6 Å². The summed E-state index contributed by atoms with van der Waals surface area (Å²) >= 11 is 3.77. The van der Waals surface area contributed by atoms with Crippen LogP contribution < -0.4 is 0 Å². The number of rotatable bonds is 5. The Balaban J connectivity index is 1.46. The summed E-state index contributed by atoms with van der Waals surface area (Å²) in [6, 6.07) is 0. The lowest BCUT2D eigenvalue weighted by Gasteiger charge is -2.57. The van der Waals surface area contributed by atoms with Gasteiger partial charge in [0.1, 0.15) is 0 Å². The Kier molecular flexibility index (Phi) is 6.05. The average molecular weight is 441 g/mol. The predicted octanol–water partition coefficient (Wildman–Crippen LogP) is 6.05. The van der Waals surface area contributed by atoms with Gasteiger partial charge < -0.3 is 9.84 Å². The van der Waals surface area contributed by atoms with Crippen molar-refractivity contribution in [3.8, 4) is 0 Å². The molecule has 4 rings (SSSR count). The Bertz CT molecular complexity index is 525. The van der Waals surface area contributed by atoms with E-state index in [1.54, 1.807) is 0 Å². The number of alkyl halides is 1. The maximum absolute atomic E-state index is 11.0. The van der Waals surface area contributed by atoms with Crippen molar-refractivity contribution in [1.82, 2.24) is 0 Å². The minimum Gasteiger partial charge on any atom is -0.387 e. The molecule has 4 aliphatic rings. The summed E-state index contributed by atoms with van der Waals surface area (Å²) in [5, 5.41) is 12.2. The van der Waals surface area contributed by atoms with Crippen molar-refractivity contribution in [2.24, 2.45) is 46.8 Å². The lowest BCUT2D eigenvalue weighted by molar-refractivity contribution is -0.129. The molecule has 2 nitrogen and oxygen atoms in total. The Hall–Kier alpha value is 0.400. The van der Waals surface area contributed by atoms with Gasteiger partial charge in [-0.1, -0.05) is 29.8 Å². The van der Waals surface area contributed by atoms with E-state index < -0.39 is 5.60 Å². The smallest absolute Gasteiger partial charge is 0.0883 e. The first-order valence-corrected chi connectivity index (χ1v) is 12.9. The van der Waals surface area contributed by atoms with E-state index in [1.807, 2.05) is 6.92 Å². The standard InChI is InChI=1S/C24H41BrO2/c1-4-27-15-24(26)12-10-18-17(13-24)5-6-20-19(18)9-11-23(3)21(16(2)14-25)7-8-22(20)23/h16-22,26H,4-15H2,1-3H3/t16?,17-,18+,19-,20-,21-,22?,23-,24-/m1/s1. The molecule has 4 aliphatic carbocycles. The fraction of sp³-hybridized carbons (Fsp3) is 1.00. The van der Waals surface area contributed by atoms with Crippen molar-refractivity contribution in [2.75, 3.05) is 18.5 Å². The molecule has 0 radical (unpaired) electrons. The molecular formula is C24H41BrO2. The minimum atomic E-state index is -0.545. The maximum Gasteiger partial charge on any atom is 0.0883 e. The molecule has 0 aromatic heterocycles. The summed E-state index contributed by atoms with van der Waals surface area (Å²) in [5.41, 5.74) is 0.0442. The molecule has 0 amide bonds. The lowest BCUT2D eigenvalue weighted by Crippen LogP contribution is -2.52. The molecule has 2 unspecified atom stereocenters. The van der Waals surface area contributed by atoms with E-state index in [9.17, 15) is 5.11 Å². The summed E-state index contributed by atoms with van der Waals surface area (Å²) < 4.78 is 5.62. The first-order valence-electron chi connectivity index (χ1n) is 11.8. The molecule has 4 saturated carbocycles. The van der Waals surface area contributed by atoms with E-state index in [-0.39, 0.29) is 0 Å².